The van der Waals surface area contributed by atoms with E-state index in [1.54, 1.807) is 0 Å². The Morgan fingerprint density at radius 3 is 2.58 bits per heavy atom. The number of rotatable bonds is 1. The predicted molar refractivity (Wildman–Crippen MR) is 124 cm³/mol. The summed E-state index contributed by atoms with van der Waals surface area (Å²) in [6.07, 6.45) is 3.20. The lowest BCUT2D eigenvalue weighted by molar-refractivity contribution is -0.286. The molecule has 1 aliphatic heterocycles. The Bertz CT molecular complexity index is 1220. The van der Waals surface area contributed by atoms with Gasteiger partial charge >= 0.3 is 0 Å². The molecule has 0 spiro atoms. The van der Waals surface area contributed by atoms with Crippen LogP contribution < -0.4 is 0 Å². The minimum Gasteiger partial charge on any atom is -0.387 e. The highest BCUT2D eigenvalue weighted by molar-refractivity contribution is 5.96. The van der Waals surface area contributed by atoms with Gasteiger partial charge in [-0.1, -0.05) is 32.0 Å². The van der Waals surface area contributed by atoms with Crippen LogP contribution >= 0.6 is 0 Å². The number of H-pyrrole nitrogens is 1. The van der Waals surface area contributed by atoms with Crippen molar-refractivity contribution in [2.45, 2.75) is 88.3 Å². The minimum atomic E-state index is -1.77. The molecule has 6 nitrogen and oxygen atoms in total. The number of hydrogen-bond donors (Lipinski definition) is 4. The summed E-state index contributed by atoms with van der Waals surface area (Å²) in [5.74, 6) is -1.81. The average Bonchev–Trinajstić information content (AvgIpc) is 3.25. The van der Waals surface area contributed by atoms with Crippen molar-refractivity contribution in [1.82, 2.24) is 4.98 Å². The van der Waals surface area contributed by atoms with E-state index in [0.717, 1.165) is 18.4 Å². The molecule has 2 heterocycles. The zero-order valence-electron chi connectivity index (χ0n) is 19.7. The second kappa shape index (κ2) is 6.16. The minimum absolute atomic E-state index is 0.259. The van der Waals surface area contributed by atoms with Crippen LogP contribution in [0.15, 0.2) is 35.9 Å². The zero-order valence-corrected chi connectivity index (χ0v) is 19.7. The van der Waals surface area contributed by atoms with Gasteiger partial charge in [0.2, 0.25) is 0 Å². The van der Waals surface area contributed by atoms with Crippen molar-refractivity contribution in [3.63, 3.8) is 0 Å². The second-order valence-electron chi connectivity index (χ2n) is 11.8. The maximum absolute atomic E-state index is 13.0. The third-order valence-electron chi connectivity index (χ3n) is 9.84. The summed E-state index contributed by atoms with van der Waals surface area (Å²) in [5.41, 5.74) is 0.0745. The molecule has 6 unspecified atom stereocenters. The van der Waals surface area contributed by atoms with Crippen LogP contribution in [-0.2, 0) is 21.4 Å². The van der Waals surface area contributed by atoms with Crippen molar-refractivity contribution in [2.75, 3.05) is 0 Å². The summed E-state index contributed by atoms with van der Waals surface area (Å²) in [4.78, 5) is 16.7. The largest absolute Gasteiger partial charge is 0.387 e. The molecular weight excluding hydrogens is 418 g/mol. The average molecular weight is 452 g/mol. The first-order chi connectivity index (χ1) is 15.4. The van der Waals surface area contributed by atoms with Crippen LogP contribution in [0.2, 0.25) is 0 Å². The first kappa shape index (κ1) is 21.5. The van der Waals surface area contributed by atoms with Crippen LogP contribution in [0.1, 0.15) is 64.6 Å². The monoisotopic (exact) mass is 451 g/mol. The molecule has 6 atom stereocenters. The molecule has 1 aromatic carbocycles. The molecule has 1 aromatic heterocycles. The van der Waals surface area contributed by atoms with Crippen LogP contribution in [-0.4, -0.2) is 49.2 Å². The van der Waals surface area contributed by atoms with E-state index in [-0.39, 0.29) is 17.4 Å². The van der Waals surface area contributed by atoms with E-state index >= 15 is 0 Å². The summed E-state index contributed by atoms with van der Waals surface area (Å²) in [7, 11) is 0. The number of nitrogens with one attached hydrogen (secondary N) is 1. The van der Waals surface area contributed by atoms with Gasteiger partial charge in [0.15, 0.2) is 17.7 Å². The molecule has 176 valence electrons. The van der Waals surface area contributed by atoms with Crippen LogP contribution in [0.5, 0.6) is 0 Å². The molecule has 0 amide bonds. The zero-order chi connectivity index (χ0) is 23.6. The van der Waals surface area contributed by atoms with Crippen molar-refractivity contribution >= 4 is 16.7 Å². The topological polar surface area (TPSA) is 103 Å². The number of ketones is 1. The highest BCUT2D eigenvalue weighted by Crippen LogP contribution is 2.70. The fraction of sp³-hybridized carbons (Fsp3) is 0.593. The lowest BCUT2D eigenvalue weighted by atomic mass is 9.42. The molecule has 0 bridgehead atoms. The SMILES string of the molecule is CC(C)(O)C1OC2(O)CCC3(C)C(O)(CCC4Cc5c([nH]c6ccccc56)C43C)C2=CC1=O. The maximum atomic E-state index is 13.0. The summed E-state index contributed by atoms with van der Waals surface area (Å²) < 4.78 is 5.90. The maximum Gasteiger partial charge on any atom is 0.192 e. The van der Waals surface area contributed by atoms with E-state index in [1.165, 1.54) is 36.6 Å². The summed E-state index contributed by atoms with van der Waals surface area (Å²) >= 11 is 0. The van der Waals surface area contributed by atoms with Gasteiger partial charge in [0.1, 0.15) is 0 Å². The predicted octanol–water partition coefficient (Wildman–Crippen LogP) is 3.28. The first-order valence-electron chi connectivity index (χ1n) is 12.1. The molecule has 6 rings (SSSR count). The van der Waals surface area contributed by atoms with Gasteiger partial charge < -0.3 is 25.0 Å². The van der Waals surface area contributed by atoms with Crippen molar-refractivity contribution in [3.8, 4) is 0 Å². The number of carbonyl (C=O) groups is 1. The highest BCUT2D eigenvalue weighted by atomic mass is 16.6. The van der Waals surface area contributed by atoms with Gasteiger partial charge in [-0.15, -0.1) is 0 Å². The van der Waals surface area contributed by atoms with Crippen LogP contribution in [0.4, 0.5) is 0 Å². The normalized spacial score (nSPS) is 42.4. The number of aromatic amines is 1. The lowest BCUT2D eigenvalue weighted by Crippen LogP contribution is -2.71. The molecule has 33 heavy (non-hydrogen) atoms. The molecule has 4 aliphatic rings. The van der Waals surface area contributed by atoms with Gasteiger partial charge in [-0.05, 0) is 63.2 Å². The van der Waals surface area contributed by atoms with Crippen LogP contribution in [0.25, 0.3) is 10.9 Å². The van der Waals surface area contributed by atoms with E-state index in [9.17, 15) is 20.1 Å². The summed E-state index contributed by atoms with van der Waals surface area (Å²) in [6, 6.07) is 8.35. The third-order valence-corrected chi connectivity index (χ3v) is 9.84. The lowest BCUT2D eigenvalue weighted by Gasteiger charge is -2.66. The molecule has 4 N–H and O–H groups in total. The van der Waals surface area contributed by atoms with Crippen molar-refractivity contribution < 1.29 is 24.9 Å². The van der Waals surface area contributed by atoms with E-state index in [2.05, 4.69) is 37.0 Å². The van der Waals surface area contributed by atoms with Gasteiger partial charge in [0.25, 0.3) is 0 Å². The second-order valence-corrected chi connectivity index (χ2v) is 11.8. The molecular formula is C27H33NO5. The molecule has 2 aromatic rings. The fourth-order valence-corrected chi connectivity index (χ4v) is 7.81. The number of carbonyl (C=O) groups excluding carboxylic acids is 1. The van der Waals surface area contributed by atoms with Crippen LogP contribution in [0, 0.1) is 11.3 Å². The van der Waals surface area contributed by atoms with Gasteiger partial charge in [-0.25, -0.2) is 0 Å². The fourth-order valence-electron chi connectivity index (χ4n) is 7.81. The van der Waals surface area contributed by atoms with Crippen LogP contribution in [0.3, 0.4) is 0 Å². The molecule has 2 fully saturated rings. The van der Waals surface area contributed by atoms with E-state index < -0.39 is 34.3 Å². The number of aromatic nitrogens is 1. The summed E-state index contributed by atoms with van der Waals surface area (Å²) in [6.45, 7) is 7.37. The molecule has 0 saturated heterocycles. The van der Waals surface area contributed by atoms with E-state index in [4.69, 9.17) is 4.74 Å². The van der Waals surface area contributed by atoms with Crippen molar-refractivity contribution in [3.05, 3.63) is 47.2 Å². The van der Waals surface area contributed by atoms with E-state index in [0.29, 0.717) is 18.8 Å². The number of fused-ring (bicyclic) bond motifs is 9. The van der Waals surface area contributed by atoms with Gasteiger partial charge in [0, 0.05) is 39.4 Å². The standard InChI is InChI=1S/C27H33NO5/c1-23(2,30)22-19(29)14-20-26(31)10-9-15-13-17-16-7-5-6-8-18(16)28-21(17)25(15,4)24(26,3)11-12-27(20,32)33-22/h5-8,14-15,22,28,30-32H,9-13H2,1-4H3. The smallest absolute Gasteiger partial charge is 0.192 e. The van der Waals surface area contributed by atoms with Gasteiger partial charge in [0.05, 0.1) is 11.2 Å². The number of ether oxygens (including phenoxy) is 1. The summed E-state index contributed by atoms with van der Waals surface area (Å²) in [5, 5.41) is 35.7. The first-order valence-corrected chi connectivity index (χ1v) is 12.1. The van der Waals surface area contributed by atoms with E-state index in [1.807, 2.05) is 6.07 Å². The molecule has 6 heteroatoms. The number of hydrogen-bond acceptors (Lipinski definition) is 5. The number of para-hydroxylation sites is 1. The molecule has 2 saturated carbocycles. The van der Waals surface area contributed by atoms with Gasteiger partial charge in [-0.2, -0.15) is 0 Å². The van der Waals surface area contributed by atoms with Crippen molar-refractivity contribution in [2.24, 2.45) is 11.3 Å². The Labute approximate surface area is 193 Å². The Kier molecular flexibility index (Phi) is 4.02. The third kappa shape index (κ3) is 2.40. The number of benzene rings is 1. The Morgan fingerprint density at radius 2 is 1.85 bits per heavy atom. The Hall–Kier alpha value is -1.99. The quantitative estimate of drug-likeness (QED) is 0.533. The molecule has 3 aliphatic carbocycles. The van der Waals surface area contributed by atoms with Gasteiger partial charge in [-0.3, -0.25) is 4.79 Å². The number of aliphatic hydroxyl groups is 3. The Morgan fingerprint density at radius 1 is 1.12 bits per heavy atom. The Balaban J connectivity index is 1.52. The highest BCUT2D eigenvalue weighted by Gasteiger charge is 2.72. The van der Waals surface area contributed by atoms with Crippen molar-refractivity contribution in [1.29, 1.82) is 0 Å². The molecule has 0 radical (unpaired) electrons.